The van der Waals surface area contributed by atoms with Gasteiger partial charge in [0.05, 0.1) is 57.6 Å². The van der Waals surface area contributed by atoms with Crippen molar-refractivity contribution in [3.63, 3.8) is 0 Å². The third-order valence-corrected chi connectivity index (χ3v) is 9.63. The Morgan fingerprint density at radius 1 is 0.500 bits per heavy atom. The second-order valence-corrected chi connectivity index (χ2v) is 12.2. The molecule has 0 spiro atoms. The van der Waals surface area contributed by atoms with Gasteiger partial charge in [0.1, 0.15) is 0 Å². The van der Waals surface area contributed by atoms with Crippen molar-refractivity contribution in [3.8, 4) is 45.8 Å². The van der Waals surface area contributed by atoms with Crippen LogP contribution in [0.1, 0.15) is 11.1 Å². The number of hydrogen-bond donors (Lipinski definition) is 0. The van der Waals surface area contributed by atoms with E-state index < -0.39 is 0 Å². The van der Waals surface area contributed by atoms with E-state index in [0.717, 1.165) is 77.2 Å². The van der Waals surface area contributed by atoms with Gasteiger partial charge < -0.3 is 9.13 Å². The molecule has 50 heavy (non-hydrogen) atoms. The van der Waals surface area contributed by atoms with Crippen LogP contribution in [0.15, 0.2) is 152 Å². The Kier molecular flexibility index (Phi) is 6.56. The van der Waals surface area contributed by atoms with Crippen LogP contribution in [0.4, 0.5) is 5.69 Å². The molecule has 0 bridgehead atoms. The lowest BCUT2D eigenvalue weighted by Crippen LogP contribution is -1.99. The van der Waals surface area contributed by atoms with E-state index in [1.165, 1.54) is 0 Å². The summed E-state index contributed by atoms with van der Waals surface area (Å²) in [5, 5.41) is 24.5. The smallest absolute Gasteiger partial charge is 0.195 e. The Morgan fingerprint density at radius 3 is 1.72 bits per heavy atom. The van der Waals surface area contributed by atoms with Crippen LogP contribution >= 0.6 is 0 Å². The quantitative estimate of drug-likeness (QED) is 0.181. The molecule has 0 fully saturated rings. The first-order valence-electron chi connectivity index (χ1n) is 16.3. The van der Waals surface area contributed by atoms with E-state index in [1.807, 2.05) is 66.7 Å². The Morgan fingerprint density at radius 2 is 1.08 bits per heavy atom. The molecule has 230 valence electrons. The van der Waals surface area contributed by atoms with Gasteiger partial charge >= 0.3 is 0 Å². The van der Waals surface area contributed by atoms with Crippen molar-refractivity contribution < 1.29 is 0 Å². The van der Waals surface area contributed by atoms with Gasteiger partial charge in [-0.25, -0.2) is 4.85 Å². The highest BCUT2D eigenvalue weighted by molar-refractivity contribution is 6.11. The summed E-state index contributed by atoms with van der Waals surface area (Å²) in [6, 6.07) is 55.3. The van der Waals surface area contributed by atoms with Crippen LogP contribution in [0.3, 0.4) is 0 Å². The lowest BCUT2D eigenvalue weighted by Gasteiger charge is -2.19. The largest absolute Gasteiger partial charge is 0.309 e. The van der Waals surface area contributed by atoms with Crippen molar-refractivity contribution in [1.29, 1.82) is 10.5 Å². The molecule has 2 aromatic heterocycles. The van der Waals surface area contributed by atoms with Gasteiger partial charge in [-0.05, 0) is 76.9 Å². The van der Waals surface area contributed by atoms with Crippen molar-refractivity contribution in [2.75, 3.05) is 0 Å². The van der Waals surface area contributed by atoms with Gasteiger partial charge in [0.2, 0.25) is 0 Å². The zero-order valence-corrected chi connectivity index (χ0v) is 26.7. The molecular weight excluding hydrogens is 611 g/mol. The maximum Gasteiger partial charge on any atom is 0.195 e. The van der Waals surface area contributed by atoms with Gasteiger partial charge in [-0.1, -0.05) is 97.1 Å². The molecule has 0 radical (unpaired) electrons. The summed E-state index contributed by atoms with van der Waals surface area (Å²) in [4.78, 5) is 4.00. The van der Waals surface area contributed by atoms with Gasteiger partial charge in [-0.3, -0.25) is 0 Å². The number of para-hydroxylation sites is 4. The van der Waals surface area contributed by atoms with E-state index in [-0.39, 0.29) is 0 Å². The number of nitriles is 2. The van der Waals surface area contributed by atoms with Gasteiger partial charge in [-0.15, -0.1) is 0 Å². The molecule has 0 N–H and O–H groups in total. The molecule has 0 atom stereocenters. The van der Waals surface area contributed by atoms with Crippen molar-refractivity contribution in [2.45, 2.75) is 0 Å². The predicted molar refractivity (Wildman–Crippen MR) is 202 cm³/mol. The van der Waals surface area contributed by atoms with Crippen molar-refractivity contribution in [3.05, 3.63) is 174 Å². The molecule has 7 aromatic carbocycles. The Balaban J connectivity index is 1.28. The summed E-state index contributed by atoms with van der Waals surface area (Å²) < 4.78 is 4.47. The zero-order chi connectivity index (χ0) is 33.8. The first kappa shape index (κ1) is 28.8. The molecule has 0 amide bonds. The highest BCUT2D eigenvalue weighted by Crippen LogP contribution is 2.46. The fourth-order valence-electron chi connectivity index (χ4n) is 7.51. The summed E-state index contributed by atoms with van der Waals surface area (Å²) in [6.07, 6.45) is 0. The molecule has 2 heterocycles. The lowest BCUT2D eigenvalue weighted by molar-refractivity contribution is 1.18. The first-order valence-corrected chi connectivity index (χ1v) is 16.3. The second-order valence-electron chi connectivity index (χ2n) is 12.2. The number of hydrogen-bond acceptors (Lipinski definition) is 2. The first-order chi connectivity index (χ1) is 24.7. The third kappa shape index (κ3) is 4.24. The number of benzene rings is 7. The van der Waals surface area contributed by atoms with Crippen LogP contribution in [0.2, 0.25) is 0 Å². The molecule has 9 aromatic rings. The summed E-state index contributed by atoms with van der Waals surface area (Å²) in [6.45, 7) is 8.25. The number of fused-ring (bicyclic) bond motifs is 6. The van der Waals surface area contributed by atoms with Crippen molar-refractivity contribution in [1.82, 2.24) is 9.13 Å². The molecular formula is C45H25N5. The standard InChI is InChI=1S/C45H25N5/c1-48-38-24-21-31(28-47)44(30-19-22-32(23-20-30)49-39-14-6-4-12-35(39)37-26-29(27-46)18-25-43(37)49)45(38)36-13-5-9-17-42(36)50-40-15-7-2-10-33(40)34-11-3-8-16-41(34)50/h2-26H. The second kappa shape index (κ2) is 11.4. The molecule has 0 unspecified atom stereocenters. The monoisotopic (exact) mass is 635 g/mol. The number of nitrogens with zero attached hydrogens (tertiary/aromatic N) is 5. The minimum absolute atomic E-state index is 0.479. The Bertz CT molecular complexity index is 2900. The SMILES string of the molecule is [C-]#[N+]c1ccc(C#N)c(-c2ccc(-n3c4ccccc4c4cc(C#N)ccc43)cc2)c1-c1ccccc1-n1c2ccccc2c2ccccc21. The molecule has 0 saturated heterocycles. The minimum Gasteiger partial charge on any atom is -0.309 e. The van der Waals surface area contributed by atoms with E-state index in [1.54, 1.807) is 12.1 Å². The van der Waals surface area contributed by atoms with E-state index in [2.05, 4.69) is 98.9 Å². The minimum atomic E-state index is 0.479. The van der Waals surface area contributed by atoms with Crippen molar-refractivity contribution in [2.24, 2.45) is 0 Å². The average molecular weight is 636 g/mol. The summed E-state index contributed by atoms with van der Waals surface area (Å²) >= 11 is 0. The van der Waals surface area contributed by atoms with E-state index in [0.29, 0.717) is 16.8 Å². The van der Waals surface area contributed by atoms with Crippen LogP contribution in [0.25, 0.3) is 82.1 Å². The molecule has 5 heteroatoms. The van der Waals surface area contributed by atoms with Crippen LogP contribution in [0.5, 0.6) is 0 Å². The van der Waals surface area contributed by atoms with Gasteiger partial charge in [0.25, 0.3) is 0 Å². The van der Waals surface area contributed by atoms with Crippen molar-refractivity contribution >= 4 is 49.3 Å². The topological polar surface area (TPSA) is 61.8 Å². The molecule has 0 aliphatic heterocycles. The maximum atomic E-state index is 10.5. The maximum absolute atomic E-state index is 10.5. The zero-order valence-electron chi connectivity index (χ0n) is 26.7. The fourth-order valence-corrected chi connectivity index (χ4v) is 7.51. The molecule has 5 nitrogen and oxygen atoms in total. The highest BCUT2D eigenvalue weighted by Gasteiger charge is 2.22. The van der Waals surface area contributed by atoms with E-state index in [9.17, 15) is 10.5 Å². The van der Waals surface area contributed by atoms with E-state index >= 15 is 0 Å². The van der Waals surface area contributed by atoms with Crippen LogP contribution in [-0.4, -0.2) is 9.13 Å². The number of rotatable bonds is 4. The van der Waals surface area contributed by atoms with Crippen LogP contribution in [0, 0.1) is 29.2 Å². The highest BCUT2D eigenvalue weighted by atomic mass is 15.0. The summed E-state index contributed by atoms with van der Waals surface area (Å²) in [5.74, 6) is 0. The molecule has 0 aliphatic rings. The van der Waals surface area contributed by atoms with E-state index in [4.69, 9.17) is 6.57 Å². The molecule has 0 aliphatic carbocycles. The summed E-state index contributed by atoms with van der Waals surface area (Å²) in [5.41, 5.74) is 10.8. The van der Waals surface area contributed by atoms with Gasteiger partial charge in [-0.2, -0.15) is 10.5 Å². The molecule has 9 rings (SSSR count). The Hall–Kier alpha value is -7.39. The van der Waals surface area contributed by atoms with Crippen LogP contribution < -0.4 is 0 Å². The Labute approximate surface area is 288 Å². The van der Waals surface area contributed by atoms with Gasteiger partial charge in [0, 0.05) is 27.2 Å². The summed E-state index contributed by atoms with van der Waals surface area (Å²) in [7, 11) is 0. The average Bonchev–Trinajstić information content (AvgIpc) is 3.70. The van der Waals surface area contributed by atoms with Gasteiger partial charge in [0.15, 0.2) is 5.69 Å². The third-order valence-electron chi connectivity index (χ3n) is 9.63. The number of aromatic nitrogens is 2. The lowest BCUT2D eigenvalue weighted by atomic mass is 9.88. The van der Waals surface area contributed by atoms with Crippen LogP contribution in [-0.2, 0) is 0 Å². The molecule has 0 saturated carbocycles. The fraction of sp³-hybridized carbons (Fsp3) is 0. The normalized spacial score (nSPS) is 11.1. The predicted octanol–water partition coefficient (Wildman–Crippen LogP) is 11.5.